The van der Waals surface area contributed by atoms with E-state index in [9.17, 15) is 0 Å². The van der Waals surface area contributed by atoms with Gasteiger partial charge in [-0.1, -0.05) is 0 Å². The van der Waals surface area contributed by atoms with Crippen molar-refractivity contribution in [1.29, 1.82) is 0 Å². The van der Waals surface area contributed by atoms with Crippen LogP contribution in [0.1, 0.15) is 0 Å². The van der Waals surface area contributed by atoms with Gasteiger partial charge in [0.25, 0.3) is 0 Å². The van der Waals surface area contributed by atoms with Gasteiger partial charge in [-0.05, 0) is 0 Å². The Morgan fingerprint density at radius 2 is 0.750 bits per heavy atom. The Morgan fingerprint density at radius 3 is 0.750 bits per heavy atom. The van der Waals surface area contributed by atoms with Crippen molar-refractivity contribution in [2.45, 2.75) is 0 Å². The standard InChI is InChI=1S/Mn.2Pb.Sb. The van der Waals surface area contributed by atoms with E-state index in [1.165, 1.54) is 0 Å². The maximum atomic E-state index is 0. The minimum absolute atomic E-state index is 0. The van der Waals surface area contributed by atoms with Gasteiger partial charge in [0.15, 0.2) is 0 Å². The van der Waals surface area contributed by atoms with Crippen LogP contribution in [0.2, 0.25) is 0 Å². The number of hydrogen-bond acceptors (Lipinski definition) is 0. The molecule has 0 saturated heterocycles. The van der Waals surface area contributed by atoms with Crippen molar-refractivity contribution in [3.05, 3.63) is 0 Å². The molecule has 0 aliphatic carbocycles. The summed E-state index contributed by atoms with van der Waals surface area (Å²) in [4.78, 5) is 0. The SMILES string of the molecule is [Mn].[Pb].[Pb].[Sb]. The van der Waals surface area contributed by atoms with Crippen molar-refractivity contribution in [3.63, 3.8) is 0 Å². The minimum Gasteiger partial charge on any atom is 0 e. The van der Waals surface area contributed by atoms with Crippen LogP contribution in [0.25, 0.3) is 0 Å². The van der Waals surface area contributed by atoms with Gasteiger partial charge in [-0.3, -0.25) is 0 Å². The van der Waals surface area contributed by atoms with E-state index in [-0.39, 0.29) is 96.1 Å². The second kappa shape index (κ2) is 16.4. The molecule has 0 aromatic carbocycles. The van der Waals surface area contributed by atoms with Crippen molar-refractivity contribution in [3.8, 4) is 0 Å². The maximum absolute atomic E-state index is 0. The summed E-state index contributed by atoms with van der Waals surface area (Å²) in [5.41, 5.74) is 0. The molecule has 4 heavy (non-hydrogen) atoms. The summed E-state index contributed by atoms with van der Waals surface area (Å²) in [6, 6.07) is 0. The summed E-state index contributed by atoms with van der Waals surface area (Å²) in [6.45, 7) is 0. The van der Waals surface area contributed by atoms with E-state index in [4.69, 9.17) is 0 Å². The van der Waals surface area contributed by atoms with Gasteiger partial charge in [-0.2, -0.15) is 0 Å². The molecule has 20 valence electrons. The van der Waals surface area contributed by atoms with Crippen LogP contribution in [0.15, 0.2) is 0 Å². The second-order valence-electron chi connectivity index (χ2n) is 0. The molecule has 0 aromatic heterocycles. The molecule has 0 heterocycles. The molecule has 0 nitrogen and oxygen atoms in total. The quantitative estimate of drug-likeness (QED) is 0.313. The molecule has 0 unspecified atom stereocenters. The molecule has 0 aliphatic heterocycles. The number of hydrogen-bond donors (Lipinski definition) is 0. The van der Waals surface area contributed by atoms with Gasteiger partial charge in [0.2, 0.25) is 0 Å². The predicted molar refractivity (Wildman–Crippen MR) is 17.3 cm³/mol. The maximum Gasteiger partial charge on any atom is 0 e. The fourth-order valence-corrected chi connectivity index (χ4v) is 0. The minimum atomic E-state index is 0. The van der Waals surface area contributed by atoms with Crippen LogP contribution in [-0.2, 0) is 17.1 Å². The first-order valence-electron chi connectivity index (χ1n) is 0. The van der Waals surface area contributed by atoms with Gasteiger partial charge < -0.3 is 0 Å². The molecule has 12 radical (unpaired) electrons. The molecular weight excluding hydrogens is 591 g/mol. The average molecular weight is 591 g/mol. The third kappa shape index (κ3) is 8.95. The van der Waals surface area contributed by atoms with E-state index in [1.807, 2.05) is 0 Å². The molecule has 0 aromatic rings. The largest absolute Gasteiger partial charge is 0 e. The molecule has 0 aliphatic rings. The third-order valence-corrected chi connectivity index (χ3v) is 0. The molecule has 0 spiro atoms. The van der Waals surface area contributed by atoms with E-state index in [0.717, 1.165) is 0 Å². The van der Waals surface area contributed by atoms with Crippen LogP contribution in [-0.4, -0.2) is 79.0 Å². The smallest absolute Gasteiger partial charge is 0 e. The summed E-state index contributed by atoms with van der Waals surface area (Å²) in [5.74, 6) is 0. The van der Waals surface area contributed by atoms with Gasteiger partial charge in [0, 0.05) is 96.1 Å². The summed E-state index contributed by atoms with van der Waals surface area (Å²) < 4.78 is 0. The zero-order chi connectivity index (χ0) is 0. The molecule has 0 fully saturated rings. The molecule has 0 bridgehead atoms. The molecule has 0 amide bonds. The zero-order valence-electron chi connectivity index (χ0n) is 1.83. The molecular formula is MnPb2Sb. The van der Waals surface area contributed by atoms with Crippen LogP contribution in [0.3, 0.4) is 0 Å². The fraction of sp³-hybridized carbons (Fsp3) is 0. The van der Waals surface area contributed by atoms with Crippen molar-refractivity contribution in [2.24, 2.45) is 0 Å². The fourth-order valence-electron chi connectivity index (χ4n) is 0. The normalized spacial score (nSPS) is 0. The van der Waals surface area contributed by atoms with Gasteiger partial charge in [0.1, 0.15) is 0 Å². The van der Waals surface area contributed by atoms with E-state index in [1.54, 1.807) is 0 Å². The van der Waals surface area contributed by atoms with E-state index in [0.29, 0.717) is 0 Å². The van der Waals surface area contributed by atoms with Crippen LogP contribution in [0.5, 0.6) is 0 Å². The van der Waals surface area contributed by atoms with Crippen LogP contribution < -0.4 is 0 Å². The van der Waals surface area contributed by atoms with Crippen molar-refractivity contribution in [2.75, 3.05) is 0 Å². The van der Waals surface area contributed by atoms with Gasteiger partial charge in [-0.25, -0.2) is 0 Å². The third-order valence-electron chi connectivity index (χ3n) is 0. The van der Waals surface area contributed by atoms with Crippen LogP contribution >= 0.6 is 0 Å². The van der Waals surface area contributed by atoms with Crippen molar-refractivity contribution >= 4 is 79.0 Å². The van der Waals surface area contributed by atoms with Crippen molar-refractivity contribution < 1.29 is 17.1 Å². The molecule has 0 atom stereocenters. The molecule has 0 N–H and O–H groups in total. The van der Waals surface area contributed by atoms with E-state index < -0.39 is 0 Å². The number of rotatable bonds is 0. The van der Waals surface area contributed by atoms with Gasteiger partial charge in [-0.15, -0.1) is 0 Å². The van der Waals surface area contributed by atoms with Crippen LogP contribution in [0.4, 0.5) is 0 Å². The first-order chi connectivity index (χ1) is 0. The van der Waals surface area contributed by atoms with Crippen molar-refractivity contribution in [1.82, 2.24) is 0 Å². The van der Waals surface area contributed by atoms with E-state index in [2.05, 4.69) is 0 Å². The Morgan fingerprint density at radius 1 is 0.750 bits per heavy atom. The van der Waals surface area contributed by atoms with Gasteiger partial charge in [0.05, 0.1) is 0 Å². The summed E-state index contributed by atoms with van der Waals surface area (Å²) in [6.07, 6.45) is 0. The Hall–Kier alpha value is 3.18. The molecule has 0 rings (SSSR count). The van der Waals surface area contributed by atoms with E-state index >= 15 is 0 Å². The molecule has 4 heteroatoms. The average Bonchev–Trinajstić information content (AvgIpc) is 0. The molecule has 0 saturated carbocycles. The first-order valence-corrected chi connectivity index (χ1v) is 0. The predicted octanol–water partition coefficient (Wildman–Crippen LogP) is -1.14. The summed E-state index contributed by atoms with van der Waals surface area (Å²) >= 11 is 0. The topological polar surface area (TPSA) is 0 Å². The Labute approximate surface area is 94.1 Å². The Balaban J connectivity index is 0. The summed E-state index contributed by atoms with van der Waals surface area (Å²) in [7, 11) is 0. The Kier molecular flexibility index (Phi) is 111. The Bertz CT molecular complexity index is 6.00. The second-order valence-corrected chi connectivity index (χ2v) is 0. The zero-order valence-corrected chi connectivity index (χ0v) is 13.3. The first kappa shape index (κ1) is 27.1. The summed E-state index contributed by atoms with van der Waals surface area (Å²) in [5, 5.41) is 0. The van der Waals surface area contributed by atoms with Crippen LogP contribution in [0, 0.1) is 0 Å². The van der Waals surface area contributed by atoms with Gasteiger partial charge >= 0.3 is 0 Å². The monoisotopic (exact) mass is 592 g/mol.